The standard InChI is InChI=1S/C14H18ClN3O2S2/c1-3-18(4-2)14(21)22-9-12(19)16-17-13(20)10-5-7-11(15)8-6-10/h5-8H,3-4,9H2,1-2H3,(H,16,19)(H,17,20). The lowest BCUT2D eigenvalue weighted by Gasteiger charge is -2.20. The Labute approximate surface area is 144 Å². The Bertz CT molecular complexity index is 533. The predicted molar refractivity (Wildman–Crippen MR) is 95.0 cm³/mol. The SMILES string of the molecule is CCN(CC)C(=S)SCC(=O)NNC(=O)c1ccc(Cl)cc1. The number of thiocarbonyl (C=S) groups is 1. The lowest BCUT2D eigenvalue weighted by molar-refractivity contribution is -0.119. The predicted octanol–water partition coefficient (Wildman–Crippen LogP) is 2.46. The summed E-state index contributed by atoms with van der Waals surface area (Å²) in [5.74, 6) is -0.570. The van der Waals surface area contributed by atoms with Gasteiger partial charge in [0, 0.05) is 23.7 Å². The van der Waals surface area contributed by atoms with E-state index in [1.165, 1.54) is 11.8 Å². The molecule has 0 aliphatic carbocycles. The number of amides is 2. The van der Waals surface area contributed by atoms with Crippen LogP contribution in [0.4, 0.5) is 0 Å². The van der Waals surface area contributed by atoms with Crippen LogP contribution >= 0.6 is 35.6 Å². The second-order valence-electron chi connectivity index (χ2n) is 4.24. The summed E-state index contributed by atoms with van der Waals surface area (Å²) in [6.07, 6.45) is 0. The third-order valence-corrected chi connectivity index (χ3v) is 4.55. The van der Waals surface area contributed by atoms with Crippen molar-refractivity contribution in [2.75, 3.05) is 18.8 Å². The molecule has 0 aliphatic heterocycles. The topological polar surface area (TPSA) is 61.4 Å². The first-order valence-corrected chi connectivity index (χ1v) is 8.51. The molecule has 0 heterocycles. The molecule has 0 atom stereocenters. The van der Waals surface area contributed by atoms with Gasteiger partial charge in [-0.05, 0) is 38.1 Å². The van der Waals surface area contributed by atoms with Gasteiger partial charge in [-0.1, -0.05) is 35.6 Å². The zero-order valence-electron chi connectivity index (χ0n) is 12.4. The normalized spacial score (nSPS) is 9.95. The zero-order valence-corrected chi connectivity index (χ0v) is 14.8. The molecule has 0 saturated carbocycles. The highest BCUT2D eigenvalue weighted by molar-refractivity contribution is 8.23. The second kappa shape index (κ2) is 9.66. The number of nitrogens with zero attached hydrogens (tertiary/aromatic N) is 1. The number of benzene rings is 1. The number of halogens is 1. The van der Waals surface area contributed by atoms with Gasteiger partial charge in [0.1, 0.15) is 4.32 Å². The van der Waals surface area contributed by atoms with E-state index in [2.05, 4.69) is 10.9 Å². The molecule has 0 fully saturated rings. The molecular weight excluding hydrogens is 342 g/mol. The highest BCUT2D eigenvalue weighted by atomic mass is 35.5. The molecule has 1 rings (SSSR count). The summed E-state index contributed by atoms with van der Waals surface area (Å²) in [7, 11) is 0. The van der Waals surface area contributed by atoms with Gasteiger partial charge < -0.3 is 4.90 Å². The van der Waals surface area contributed by atoms with Crippen LogP contribution in [0.2, 0.25) is 5.02 Å². The molecule has 22 heavy (non-hydrogen) atoms. The molecule has 0 radical (unpaired) electrons. The molecule has 2 amide bonds. The van der Waals surface area contributed by atoms with Gasteiger partial charge in [0.25, 0.3) is 5.91 Å². The fraction of sp³-hybridized carbons (Fsp3) is 0.357. The smallest absolute Gasteiger partial charge is 0.269 e. The summed E-state index contributed by atoms with van der Waals surface area (Å²) in [6.45, 7) is 5.61. The van der Waals surface area contributed by atoms with E-state index in [-0.39, 0.29) is 11.7 Å². The number of rotatable bonds is 5. The Morgan fingerprint density at radius 3 is 2.32 bits per heavy atom. The van der Waals surface area contributed by atoms with Gasteiger partial charge in [0.05, 0.1) is 5.75 Å². The van der Waals surface area contributed by atoms with Crippen LogP contribution in [0, 0.1) is 0 Å². The molecular formula is C14H18ClN3O2S2. The molecule has 120 valence electrons. The molecule has 8 heteroatoms. The van der Waals surface area contributed by atoms with Gasteiger partial charge in [-0.25, -0.2) is 0 Å². The molecule has 2 N–H and O–H groups in total. The first-order chi connectivity index (χ1) is 10.5. The number of hydrazine groups is 1. The monoisotopic (exact) mass is 359 g/mol. The maximum Gasteiger partial charge on any atom is 0.269 e. The summed E-state index contributed by atoms with van der Waals surface area (Å²) in [5, 5.41) is 0.543. The zero-order chi connectivity index (χ0) is 16.5. The summed E-state index contributed by atoms with van der Waals surface area (Å²) in [4.78, 5) is 25.5. The van der Waals surface area contributed by atoms with E-state index in [1.807, 2.05) is 18.7 Å². The molecule has 0 aromatic heterocycles. The molecule has 0 bridgehead atoms. The Morgan fingerprint density at radius 1 is 1.18 bits per heavy atom. The van der Waals surface area contributed by atoms with Crippen molar-refractivity contribution in [1.82, 2.24) is 15.8 Å². The lowest BCUT2D eigenvalue weighted by atomic mass is 10.2. The highest BCUT2D eigenvalue weighted by Crippen LogP contribution is 2.10. The molecule has 5 nitrogen and oxygen atoms in total. The van der Waals surface area contributed by atoms with Gasteiger partial charge in [-0.15, -0.1) is 0 Å². The van der Waals surface area contributed by atoms with Crippen LogP contribution in [-0.4, -0.2) is 39.9 Å². The van der Waals surface area contributed by atoms with Crippen molar-refractivity contribution >= 4 is 51.7 Å². The van der Waals surface area contributed by atoms with Crippen molar-refractivity contribution in [3.63, 3.8) is 0 Å². The van der Waals surface area contributed by atoms with Crippen molar-refractivity contribution in [1.29, 1.82) is 0 Å². The van der Waals surface area contributed by atoms with Crippen molar-refractivity contribution in [2.45, 2.75) is 13.8 Å². The average molecular weight is 360 g/mol. The Balaban J connectivity index is 2.35. The minimum Gasteiger partial charge on any atom is -0.358 e. The number of thioether (sulfide) groups is 1. The fourth-order valence-electron chi connectivity index (χ4n) is 1.54. The van der Waals surface area contributed by atoms with Crippen LogP contribution in [-0.2, 0) is 4.79 Å². The van der Waals surface area contributed by atoms with Gasteiger partial charge in [-0.2, -0.15) is 0 Å². The lowest BCUT2D eigenvalue weighted by Crippen LogP contribution is -2.42. The average Bonchev–Trinajstić information content (AvgIpc) is 2.52. The highest BCUT2D eigenvalue weighted by Gasteiger charge is 2.10. The van der Waals surface area contributed by atoms with Gasteiger partial charge in [0.2, 0.25) is 5.91 Å². The molecule has 0 aliphatic rings. The third kappa shape index (κ3) is 6.21. The van der Waals surface area contributed by atoms with E-state index < -0.39 is 5.91 Å². The van der Waals surface area contributed by atoms with Crippen molar-refractivity contribution in [2.24, 2.45) is 0 Å². The fourth-order valence-corrected chi connectivity index (χ4v) is 2.86. The van der Waals surface area contributed by atoms with Crippen LogP contribution in [0.1, 0.15) is 24.2 Å². The van der Waals surface area contributed by atoms with Crippen LogP contribution in [0.25, 0.3) is 0 Å². The molecule has 1 aromatic rings. The van der Waals surface area contributed by atoms with Gasteiger partial charge in [0.15, 0.2) is 0 Å². The van der Waals surface area contributed by atoms with Crippen LogP contribution < -0.4 is 10.9 Å². The van der Waals surface area contributed by atoms with Gasteiger partial charge >= 0.3 is 0 Å². The van der Waals surface area contributed by atoms with Crippen LogP contribution in [0.5, 0.6) is 0 Å². The third-order valence-electron chi connectivity index (χ3n) is 2.77. The first-order valence-electron chi connectivity index (χ1n) is 6.74. The maximum atomic E-state index is 11.8. The number of carbonyl (C=O) groups excluding carboxylic acids is 2. The van der Waals surface area contributed by atoms with Crippen molar-refractivity contribution < 1.29 is 9.59 Å². The minimum atomic E-state index is -0.402. The second-order valence-corrected chi connectivity index (χ2v) is 6.28. The van der Waals surface area contributed by atoms with E-state index in [0.29, 0.717) is 14.9 Å². The first kappa shape index (κ1) is 18.7. The summed E-state index contributed by atoms with van der Waals surface area (Å²) >= 11 is 12.2. The summed E-state index contributed by atoms with van der Waals surface area (Å²) < 4.78 is 0.671. The summed E-state index contributed by atoms with van der Waals surface area (Å²) in [6, 6.07) is 6.37. The Hall–Kier alpha value is -1.31. The van der Waals surface area contributed by atoms with Gasteiger partial charge in [-0.3, -0.25) is 20.4 Å². The van der Waals surface area contributed by atoms with Crippen LogP contribution in [0.15, 0.2) is 24.3 Å². The number of carbonyl (C=O) groups is 2. The molecule has 0 spiro atoms. The van der Waals surface area contributed by atoms with E-state index >= 15 is 0 Å². The summed E-state index contributed by atoms with van der Waals surface area (Å²) in [5.41, 5.74) is 5.12. The maximum absolute atomic E-state index is 11.8. The van der Waals surface area contributed by atoms with E-state index in [1.54, 1.807) is 24.3 Å². The number of nitrogens with one attached hydrogen (secondary N) is 2. The van der Waals surface area contributed by atoms with Crippen molar-refractivity contribution in [3.05, 3.63) is 34.9 Å². The molecule has 1 aromatic carbocycles. The quantitative estimate of drug-likeness (QED) is 0.624. The van der Waals surface area contributed by atoms with E-state index in [0.717, 1.165) is 13.1 Å². The van der Waals surface area contributed by atoms with E-state index in [9.17, 15) is 9.59 Å². The van der Waals surface area contributed by atoms with Crippen molar-refractivity contribution in [3.8, 4) is 0 Å². The molecule has 0 unspecified atom stereocenters. The number of hydrogen-bond acceptors (Lipinski definition) is 4. The largest absolute Gasteiger partial charge is 0.358 e. The Kier molecular flexibility index (Phi) is 8.22. The molecule has 0 saturated heterocycles. The van der Waals surface area contributed by atoms with Crippen LogP contribution in [0.3, 0.4) is 0 Å². The van der Waals surface area contributed by atoms with E-state index in [4.69, 9.17) is 23.8 Å². The number of hydrogen-bond donors (Lipinski definition) is 2. The minimum absolute atomic E-state index is 0.149. The Morgan fingerprint density at radius 2 is 1.77 bits per heavy atom.